The summed E-state index contributed by atoms with van der Waals surface area (Å²) < 4.78 is 0. The molecule has 0 spiro atoms. The van der Waals surface area contributed by atoms with E-state index in [1.165, 1.54) is 0 Å². The van der Waals surface area contributed by atoms with Crippen LogP contribution >= 0.6 is 47.8 Å². The molecule has 0 N–H and O–H groups in total. The van der Waals surface area contributed by atoms with Gasteiger partial charge in [-0.15, -0.1) is 19.7 Å². The summed E-state index contributed by atoms with van der Waals surface area (Å²) in [6.45, 7) is 10.3. The van der Waals surface area contributed by atoms with E-state index in [2.05, 4.69) is 67.5 Å². The van der Waals surface area contributed by atoms with Gasteiger partial charge >= 0.3 is 0 Å². The molecule has 0 aromatic rings. The second-order valence-electron chi connectivity index (χ2n) is 1.33. The van der Waals surface area contributed by atoms with Crippen LogP contribution in [0.5, 0.6) is 0 Å². The summed E-state index contributed by atoms with van der Waals surface area (Å²) in [5.74, 6) is 0. The average molecular weight is 502 g/mol. The molecule has 0 bridgehead atoms. The van der Waals surface area contributed by atoms with Crippen molar-refractivity contribution in [2.45, 2.75) is 0 Å². The molecule has 0 unspecified atom stereocenters. The molecule has 14 heavy (non-hydrogen) atoms. The Balaban J connectivity index is -0.0000000270. The van der Waals surface area contributed by atoms with E-state index in [0.717, 1.165) is 16.0 Å². The van der Waals surface area contributed by atoms with E-state index < -0.39 is 0 Å². The van der Waals surface area contributed by atoms with Crippen LogP contribution in [0.2, 0.25) is 0 Å². The molecule has 0 saturated heterocycles. The maximum Gasteiger partial charge on any atom is 0.0209 e. The molecule has 0 aliphatic rings. The quantitative estimate of drug-likeness (QED) is 0.312. The summed E-state index contributed by atoms with van der Waals surface area (Å²) >= 11 is 9.39. The molecule has 0 aromatic carbocycles. The maximum atomic E-state index is 3.43. The van der Waals surface area contributed by atoms with Crippen LogP contribution in [0.15, 0.2) is 38.0 Å². The van der Waals surface area contributed by atoms with Crippen LogP contribution in [-0.2, 0) is 0 Å². The smallest absolute Gasteiger partial charge is 0.0209 e. The predicted octanol–water partition coefficient (Wildman–Crippen LogP) is 3.94. The first-order chi connectivity index (χ1) is 5.74. The molecule has 0 nitrogen and oxygen atoms in total. The van der Waals surface area contributed by atoms with Crippen LogP contribution in [0, 0.1) is 0 Å². The van der Waals surface area contributed by atoms with Gasteiger partial charge in [-0.2, -0.15) is 0 Å². The normalized spacial score (nSPS) is 5.36. The molecule has 0 aromatic heterocycles. The largest absolute Gasteiger partial charge is 0.102 e. The van der Waals surface area contributed by atoms with Crippen molar-refractivity contribution >= 4 is 87.4 Å². The molecular formula is C9H15Br3Ga2. The molecule has 0 rings (SSSR count). The van der Waals surface area contributed by atoms with Gasteiger partial charge in [-0.05, 0) is 0 Å². The third kappa shape index (κ3) is 95.8. The zero-order valence-electron chi connectivity index (χ0n) is 8.26. The Hall–Kier alpha value is 1.93. The second-order valence-corrected chi connectivity index (χ2v) is 3.27. The van der Waals surface area contributed by atoms with Gasteiger partial charge in [0.25, 0.3) is 0 Å². The number of alkyl halides is 3. The Morgan fingerprint density at radius 1 is 0.643 bits per heavy atom. The minimum atomic E-state index is 0. The van der Waals surface area contributed by atoms with Crippen molar-refractivity contribution < 1.29 is 0 Å². The topological polar surface area (TPSA) is 0 Å². The summed E-state index contributed by atoms with van der Waals surface area (Å²) in [4.78, 5) is 0. The van der Waals surface area contributed by atoms with Crippen LogP contribution in [-0.4, -0.2) is 55.6 Å². The molecule has 5 heteroatoms. The van der Waals surface area contributed by atoms with Crippen molar-refractivity contribution in [3.05, 3.63) is 38.0 Å². The van der Waals surface area contributed by atoms with E-state index in [0.29, 0.717) is 0 Å². The van der Waals surface area contributed by atoms with Crippen molar-refractivity contribution in [3.63, 3.8) is 0 Å². The summed E-state index contributed by atoms with van der Waals surface area (Å²) in [5.41, 5.74) is 0. The van der Waals surface area contributed by atoms with Crippen molar-refractivity contribution in [2.24, 2.45) is 0 Å². The minimum absolute atomic E-state index is 0. The van der Waals surface area contributed by atoms with E-state index in [1.54, 1.807) is 18.2 Å². The number of rotatable bonds is 3. The first kappa shape index (κ1) is 29.7. The van der Waals surface area contributed by atoms with Crippen LogP contribution in [0.1, 0.15) is 0 Å². The molecule has 78 valence electrons. The Morgan fingerprint density at radius 3 is 0.714 bits per heavy atom. The van der Waals surface area contributed by atoms with Crippen LogP contribution < -0.4 is 0 Å². The fourth-order valence-electron chi connectivity index (χ4n) is 0. The summed E-state index contributed by atoms with van der Waals surface area (Å²) in [5, 5.41) is 2.69. The molecule has 0 atom stereocenters. The molecule has 0 amide bonds. The number of hydrogen-bond acceptors (Lipinski definition) is 0. The third-order valence-electron chi connectivity index (χ3n) is 0.327. The summed E-state index contributed by atoms with van der Waals surface area (Å²) in [6, 6.07) is 0. The van der Waals surface area contributed by atoms with Gasteiger partial charge in [0.15, 0.2) is 0 Å². The zero-order valence-corrected chi connectivity index (χ0v) is 17.9. The van der Waals surface area contributed by atoms with Gasteiger partial charge in [0, 0.05) is 55.6 Å². The predicted molar refractivity (Wildman–Crippen MR) is 83.5 cm³/mol. The van der Waals surface area contributed by atoms with Crippen molar-refractivity contribution in [1.29, 1.82) is 0 Å². The van der Waals surface area contributed by atoms with E-state index in [4.69, 9.17) is 0 Å². The standard InChI is InChI=1S/3C3H5Br.2Ga/c3*1-2-3-4;;/h3*2H,1,3H2;;. The van der Waals surface area contributed by atoms with Crippen LogP contribution in [0.4, 0.5) is 0 Å². The van der Waals surface area contributed by atoms with Crippen LogP contribution in [0.3, 0.4) is 0 Å². The number of hydrogen-bond donors (Lipinski definition) is 0. The van der Waals surface area contributed by atoms with E-state index in [1.807, 2.05) is 0 Å². The van der Waals surface area contributed by atoms with Gasteiger partial charge in [-0.25, -0.2) is 0 Å². The van der Waals surface area contributed by atoms with Gasteiger partial charge in [0.1, 0.15) is 0 Å². The molecule has 0 saturated carbocycles. The molecule has 0 aliphatic heterocycles. The van der Waals surface area contributed by atoms with E-state index in [9.17, 15) is 0 Å². The molecule has 0 aliphatic carbocycles. The van der Waals surface area contributed by atoms with Gasteiger partial charge in [0.2, 0.25) is 0 Å². The van der Waals surface area contributed by atoms with Gasteiger partial charge in [-0.1, -0.05) is 66.0 Å². The Labute approximate surface area is 140 Å². The van der Waals surface area contributed by atoms with Crippen LogP contribution in [0.25, 0.3) is 0 Å². The zero-order chi connectivity index (χ0) is 10.2. The average Bonchev–Trinajstić information content (AvgIpc) is 2.18. The molecule has 0 fully saturated rings. The van der Waals surface area contributed by atoms with Crippen molar-refractivity contribution in [1.82, 2.24) is 0 Å². The summed E-state index contributed by atoms with van der Waals surface area (Å²) in [7, 11) is 0. The van der Waals surface area contributed by atoms with Gasteiger partial charge < -0.3 is 0 Å². The first-order valence-electron chi connectivity index (χ1n) is 3.25. The monoisotopic (exact) mass is 498 g/mol. The number of allylic oxidation sites excluding steroid dienone is 3. The van der Waals surface area contributed by atoms with Crippen molar-refractivity contribution in [3.8, 4) is 0 Å². The fraction of sp³-hybridized carbons (Fsp3) is 0.333. The molecule has 6 radical (unpaired) electrons. The maximum absolute atomic E-state index is 3.43. The Bertz CT molecular complexity index is 79.0. The van der Waals surface area contributed by atoms with Crippen molar-refractivity contribution in [2.75, 3.05) is 16.0 Å². The second kappa shape index (κ2) is 46.1. The first-order valence-corrected chi connectivity index (χ1v) is 6.62. The molecular weight excluding hydrogens is 487 g/mol. The van der Waals surface area contributed by atoms with Gasteiger partial charge in [0.05, 0.1) is 0 Å². The Kier molecular flexibility index (Phi) is 97.8. The van der Waals surface area contributed by atoms with Gasteiger partial charge in [-0.3, -0.25) is 0 Å². The minimum Gasteiger partial charge on any atom is -0.102 e. The SMILES string of the molecule is C=CCBr.C=CCBr.C=CCBr.[Ga].[Ga]. The van der Waals surface area contributed by atoms with E-state index in [-0.39, 0.29) is 39.6 Å². The number of halogens is 3. The van der Waals surface area contributed by atoms with E-state index >= 15 is 0 Å². The molecule has 0 heterocycles. The summed E-state index contributed by atoms with van der Waals surface area (Å²) in [6.07, 6.45) is 5.38. The Morgan fingerprint density at radius 2 is 0.714 bits per heavy atom. The fourth-order valence-corrected chi connectivity index (χ4v) is 0. The third-order valence-corrected chi connectivity index (χ3v) is 1.70.